The van der Waals surface area contributed by atoms with E-state index in [9.17, 15) is 19.7 Å². The molecule has 0 saturated heterocycles. The fourth-order valence-electron chi connectivity index (χ4n) is 1.35. The van der Waals surface area contributed by atoms with Gasteiger partial charge in [0.2, 0.25) is 5.28 Å². The number of hydrogen-bond donors (Lipinski definition) is 1. The molecule has 1 aromatic carbocycles. The summed E-state index contributed by atoms with van der Waals surface area (Å²) in [6.07, 6.45) is 0.783. The minimum atomic E-state index is -0.918. The Labute approximate surface area is 111 Å². The predicted octanol–water partition coefficient (Wildman–Crippen LogP) is 2.70. The van der Waals surface area contributed by atoms with E-state index in [-0.39, 0.29) is 16.7 Å². The highest BCUT2D eigenvalue weighted by atomic mass is 35.5. The third-order valence-electron chi connectivity index (χ3n) is 2.18. The van der Waals surface area contributed by atoms with Crippen LogP contribution in [-0.2, 0) is 0 Å². The standard InChI is InChI=1S/C10H6ClFN4O3/c11-10-13-5-8(12)9(14-10)15(17)6-2-1-3-7(4-6)16(18)19/h1-5,17H. The van der Waals surface area contributed by atoms with Crippen LogP contribution in [0.25, 0.3) is 0 Å². The first kappa shape index (κ1) is 13.1. The minimum Gasteiger partial charge on any atom is -0.282 e. The van der Waals surface area contributed by atoms with Gasteiger partial charge < -0.3 is 0 Å². The van der Waals surface area contributed by atoms with E-state index in [1.165, 1.54) is 18.2 Å². The molecular formula is C10H6ClFN4O3. The summed E-state index contributed by atoms with van der Waals surface area (Å²) < 4.78 is 13.4. The van der Waals surface area contributed by atoms with Crippen molar-refractivity contribution in [3.63, 3.8) is 0 Å². The molecule has 98 valence electrons. The Morgan fingerprint density at radius 3 is 2.89 bits per heavy atom. The lowest BCUT2D eigenvalue weighted by molar-refractivity contribution is -0.384. The van der Waals surface area contributed by atoms with Gasteiger partial charge in [0.05, 0.1) is 16.8 Å². The lowest BCUT2D eigenvalue weighted by Crippen LogP contribution is -2.14. The predicted molar refractivity (Wildman–Crippen MR) is 64.0 cm³/mol. The van der Waals surface area contributed by atoms with Crippen molar-refractivity contribution < 1.29 is 14.5 Å². The van der Waals surface area contributed by atoms with Crippen LogP contribution in [0.2, 0.25) is 5.28 Å². The summed E-state index contributed by atoms with van der Waals surface area (Å²) in [5, 5.41) is 20.5. The second kappa shape index (κ2) is 5.12. The molecule has 2 rings (SSSR count). The maximum Gasteiger partial charge on any atom is 0.271 e. The van der Waals surface area contributed by atoms with Crippen LogP contribution in [0.3, 0.4) is 0 Å². The molecule has 0 aliphatic rings. The number of nitrogens with zero attached hydrogens (tertiary/aromatic N) is 4. The van der Waals surface area contributed by atoms with E-state index in [1.807, 2.05) is 0 Å². The van der Waals surface area contributed by atoms with E-state index in [0.717, 1.165) is 12.3 Å². The van der Waals surface area contributed by atoms with Gasteiger partial charge in [-0.05, 0) is 17.7 Å². The molecule has 2 aromatic rings. The number of rotatable bonds is 3. The molecule has 0 saturated carbocycles. The molecule has 7 nitrogen and oxygen atoms in total. The van der Waals surface area contributed by atoms with Crippen molar-refractivity contribution in [2.45, 2.75) is 0 Å². The van der Waals surface area contributed by atoms with Crippen LogP contribution < -0.4 is 5.06 Å². The van der Waals surface area contributed by atoms with Gasteiger partial charge in [0.15, 0.2) is 11.6 Å². The summed E-state index contributed by atoms with van der Waals surface area (Å²) in [6, 6.07) is 5.00. The third-order valence-corrected chi connectivity index (χ3v) is 2.36. The van der Waals surface area contributed by atoms with Gasteiger partial charge >= 0.3 is 0 Å². The number of halogens is 2. The van der Waals surface area contributed by atoms with Gasteiger partial charge in [-0.1, -0.05) is 6.07 Å². The molecule has 0 aliphatic heterocycles. The fourth-order valence-corrected chi connectivity index (χ4v) is 1.48. The first-order valence-electron chi connectivity index (χ1n) is 4.90. The molecular weight excluding hydrogens is 279 g/mol. The van der Waals surface area contributed by atoms with Crippen LogP contribution >= 0.6 is 11.6 Å². The quantitative estimate of drug-likeness (QED) is 0.529. The highest BCUT2D eigenvalue weighted by Crippen LogP contribution is 2.27. The van der Waals surface area contributed by atoms with Crippen LogP contribution in [-0.4, -0.2) is 20.1 Å². The van der Waals surface area contributed by atoms with Gasteiger partial charge in [-0.2, -0.15) is 4.98 Å². The molecule has 0 spiro atoms. The highest BCUT2D eigenvalue weighted by molar-refractivity contribution is 6.28. The summed E-state index contributed by atoms with van der Waals surface area (Å²) in [4.78, 5) is 16.9. The molecule has 0 unspecified atom stereocenters. The molecule has 0 fully saturated rings. The van der Waals surface area contributed by atoms with Crippen molar-refractivity contribution in [3.8, 4) is 0 Å². The van der Waals surface area contributed by atoms with Gasteiger partial charge in [-0.15, -0.1) is 0 Å². The van der Waals surface area contributed by atoms with Gasteiger partial charge in [-0.3, -0.25) is 15.3 Å². The lowest BCUT2D eigenvalue weighted by Gasteiger charge is -2.15. The SMILES string of the molecule is O=[N+]([O-])c1cccc(N(O)c2nc(Cl)ncc2F)c1. The Balaban J connectivity index is 2.43. The summed E-state index contributed by atoms with van der Waals surface area (Å²) >= 11 is 5.50. The van der Waals surface area contributed by atoms with Crippen molar-refractivity contribution in [3.05, 3.63) is 51.7 Å². The van der Waals surface area contributed by atoms with E-state index < -0.39 is 16.6 Å². The molecule has 0 amide bonds. The summed E-state index contributed by atoms with van der Waals surface area (Å²) in [5.41, 5.74) is -0.278. The normalized spacial score (nSPS) is 10.3. The van der Waals surface area contributed by atoms with Crippen LogP contribution in [0.5, 0.6) is 0 Å². The number of nitro groups is 1. The molecule has 0 aliphatic carbocycles. The number of non-ortho nitro benzene ring substituents is 1. The van der Waals surface area contributed by atoms with E-state index in [0.29, 0.717) is 5.06 Å². The molecule has 0 atom stereocenters. The smallest absolute Gasteiger partial charge is 0.271 e. The van der Waals surface area contributed by atoms with Gasteiger partial charge in [0.25, 0.3) is 5.69 Å². The summed E-state index contributed by atoms with van der Waals surface area (Å²) in [6.45, 7) is 0. The van der Waals surface area contributed by atoms with Crippen LogP contribution in [0, 0.1) is 15.9 Å². The molecule has 1 heterocycles. The molecule has 9 heteroatoms. The monoisotopic (exact) mass is 284 g/mol. The van der Waals surface area contributed by atoms with Crippen molar-refractivity contribution in [1.82, 2.24) is 9.97 Å². The second-order valence-corrected chi connectivity index (χ2v) is 3.74. The first-order chi connectivity index (χ1) is 8.99. The van der Waals surface area contributed by atoms with Crippen molar-refractivity contribution in [2.24, 2.45) is 0 Å². The topological polar surface area (TPSA) is 92.4 Å². The Hall–Kier alpha value is -2.32. The minimum absolute atomic E-state index is 0.0251. The van der Waals surface area contributed by atoms with Gasteiger partial charge in [-0.25, -0.2) is 14.4 Å². The number of nitro benzene ring substituents is 1. The molecule has 19 heavy (non-hydrogen) atoms. The van der Waals surface area contributed by atoms with Gasteiger partial charge in [0, 0.05) is 12.1 Å². The van der Waals surface area contributed by atoms with E-state index in [2.05, 4.69) is 9.97 Å². The summed E-state index contributed by atoms with van der Waals surface area (Å²) in [7, 11) is 0. The van der Waals surface area contributed by atoms with Crippen molar-refractivity contribution in [2.75, 3.05) is 5.06 Å². The Morgan fingerprint density at radius 2 is 2.21 bits per heavy atom. The first-order valence-corrected chi connectivity index (χ1v) is 5.28. The number of benzene rings is 1. The average molecular weight is 285 g/mol. The zero-order chi connectivity index (χ0) is 14.0. The van der Waals surface area contributed by atoms with Crippen LogP contribution in [0.1, 0.15) is 0 Å². The van der Waals surface area contributed by atoms with E-state index in [4.69, 9.17) is 11.6 Å². The maximum absolute atomic E-state index is 13.4. The van der Waals surface area contributed by atoms with Gasteiger partial charge in [0.1, 0.15) is 0 Å². The van der Waals surface area contributed by atoms with Crippen LogP contribution in [0.15, 0.2) is 30.5 Å². The number of hydrogen-bond acceptors (Lipinski definition) is 6. The molecule has 1 aromatic heterocycles. The third kappa shape index (κ3) is 2.75. The number of anilines is 2. The Kier molecular flexibility index (Phi) is 3.54. The molecule has 0 bridgehead atoms. The van der Waals surface area contributed by atoms with Crippen LogP contribution in [0.4, 0.5) is 21.6 Å². The van der Waals surface area contributed by atoms with E-state index in [1.54, 1.807) is 0 Å². The maximum atomic E-state index is 13.4. The zero-order valence-corrected chi connectivity index (χ0v) is 9.95. The Morgan fingerprint density at radius 1 is 1.47 bits per heavy atom. The average Bonchev–Trinajstić information content (AvgIpc) is 2.41. The van der Waals surface area contributed by atoms with E-state index >= 15 is 0 Å². The van der Waals surface area contributed by atoms with Crippen molar-refractivity contribution >= 4 is 28.8 Å². The number of aromatic nitrogens is 2. The summed E-state index contributed by atoms with van der Waals surface area (Å²) in [5.74, 6) is -1.42. The molecule has 1 N–H and O–H groups in total. The molecule has 0 radical (unpaired) electrons. The zero-order valence-electron chi connectivity index (χ0n) is 9.20. The highest BCUT2D eigenvalue weighted by Gasteiger charge is 2.17. The lowest BCUT2D eigenvalue weighted by atomic mass is 10.3. The largest absolute Gasteiger partial charge is 0.282 e. The Bertz CT molecular complexity index is 640. The van der Waals surface area contributed by atoms with Crippen molar-refractivity contribution in [1.29, 1.82) is 0 Å². The fraction of sp³-hybridized carbons (Fsp3) is 0. The second-order valence-electron chi connectivity index (χ2n) is 3.40.